The van der Waals surface area contributed by atoms with Gasteiger partial charge in [-0.25, -0.2) is 4.68 Å². The maximum Gasteiger partial charge on any atom is 0.183 e. The molecule has 2 rings (SSSR count). The van der Waals surface area contributed by atoms with Crippen LogP contribution in [0.5, 0.6) is 0 Å². The second-order valence-corrected chi connectivity index (χ2v) is 5.45. The molecule has 1 saturated heterocycles. The van der Waals surface area contributed by atoms with Gasteiger partial charge in [0, 0.05) is 18.6 Å². The highest BCUT2D eigenvalue weighted by molar-refractivity contribution is 9.10. The molecule has 0 amide bonds. The molecule has 0 aliphatic carbocycles. The highest BCUT2D eigenvalue weighted by Crippen LogP contribution is 2.26. The maximum atomic E-state index is 12.1. The average Bonchev–Trinajstić information content (AvgIpc) is 2.71. The van der Waals surface area contributed by atoms with Crippen LogP contribution in [0.2, 0.25) is 0 Å². The van der Waals surface area contributed by atoms with Crippen molar-refractivity contribution in [1.82, 2.24) is 9.78 Å². The maximum absolute atomic E-state index is 12.1. The van der Waals surface area contributed by atoms with Crippen molar-refractivity contribution in [2.75, 3.05) is 6.61 Å². The van der Waals surface area contributed by atoms with Gasteiger partial charge in [0.05, 0.1) is 0 Å². The van der Waals surface area contributed by atoms with Crippen molar-refractivity contribution >= 4 is 21.7 Å². The van der Waals surface area contributed by atoms with Gasteiger partial charge in [0.15, 0.2) is 12.0 Å². The third-order valence-electron chi connectivity index (χ3n) is 2.91. The Hall–Kier alpha value is -0.680. The summed E-state index contributed by atoms with van der Waals surface area (Å²) in [7, 11) is 0. The molecule has 4 nitrogen and oxygen atoms in total. The minimum absolute atomic E-state index is 0.0269. The Labute approximate surface area is 109 Å². The molecular weight excluding hydrogens is 284 g/mol. The van der Waals surface area contributed by atoms with Crippen LogP contribution in [0, 0.1) is 5.92 Å². The summed E-state index contributed by atoms with van der Waals surface area (Å²) >= 11 is 3.33. The van der Waals surface area contributed by atoms with Gasteiger partial charge in [0.1, 0.15) is 10.3 Å². The summed E-state index contributed by atoms with van der Waals surface area (Å²) in [6.07, 6.45) is 3.05. The van der Waals surface area contributed by atoms with Crippen LogP contribution in [0.25, 0.3) is 0 Å². The first-order valence-corrected chi connectivity index (χ1v) is 6.79. The van der Waals surface area contributed by atoms with Crippen molar-refractivity contribution in [3.05, 3.63) is 16.4 Å². The number of Topliss-reactive ketones (excluding diaryl/α,β-unsaturated/α-hetero) is 1. The molecule has 1 aromatic heterocycles. The lowest BCUT2D eigenvalue weighted by molar-refractivity contribution is -0.0408. The summed E-state index contributed by atoms with van der Waals surface area (Å²) in [6.45, 7) is 4.54. The van der Waals surface area contributed by atoms with E-state index in [1.54, 1.807) is 10.7 Å². The van der Waals surface area contributed by atoms with E-state index in [0.29, 0.717) is 10.3 Å². The normalized spacial score (nSPS) is 20.8. The molecule has 1 unspecified atom stereocenters. The zero-order valence-corrected chi connectivity index (χ0v) is 11.7. The Morgan fingerprint density at radius 1 is 1.59 bits per heavy atom. The molecule has 1 aliphatic heterocycles. The number of hydrogen-bond donors (Lipinski definition) is 0. The summed E-state index contributed by atoms with van der Waals surface area (Å²) in [4.78, 5) is 12.1. The Bertz CT molecular complexity index is 409. The second kappa shape index (κ2) is 5.31. The molecular formula is C12H17BrN2O2. The van der Waals surface area contributed by atoms with Crippen LogP contribution in [-0.4, -0.2) is 22.2 Å². The Morgan fingerprint density at radius 3 is 2.94 bits per heavy atom. The highest BCUT2D eigenvalue weighted by Gasteiger charge is 2.24. The van der Waals surface area contributed by atoms with Crippen LogP contribution >= 0.6 is 15.9 Å². The smallest absolute Gasteiger partial charge is 0.183 e. The van der Waals surface area contributed by atoms with E-state index in [9.17, 15) is 4.79 Å². The number of halogens is 1. The first-order valence-electron chi connectivity index (χ1n) is 6.00. The lowest BCUT2D eigenvalue weighted by Gasteiger charge is -2.24. The number of carbonyl (C=O) groups excluding carboxylic acids is 1. The van der Waals surface area contributed by atoms with Crippen molar-refractivity contribution in [2.24, 2.45) is 5.92 Å². The quantitative estimate of drug-likeness (QED) is 0.805. The van der Waals surface area contributed by atoms with E-state index >= 15 is 0 Å². The minimum Gasteiger partial charge on any atom is -0.356 e. The molecule has 1 aliphatic rings. The molecule has 0 aromatic carbocycles. The van der Waals surface area contributed by atoms with Gasteiger partial charge in [-0.15, -0.1) is 0 Å². The fourth-order valence-electron chi connectivity index (χ4n) is 1.98. The topological polar surface area (TPSA) is 44.1 Å². The van der Waals surface area contributed by atoms with Gasteiger partial charge in [-0.2, -0.15) is 5.10 Å². The van der Waals surface area contributed by atoms with E-state index in [1.807, 2.05) is 13.8 Å². The minimum atomic E-state index is -0.0900. The van der Waals surface area contributed by atoms with Crippen LogP contribution in [0.4, 0.5) is 0 Å². The third kappa shape index (κ3) is 2.77. The second-order valence-electron chi connectivity index (χ2n) is 4.64. The predicted octanol–water partition coefficient (Wildman–Crippen LogP) is 3.18. The summed E-state index contributed by atoms with van der Waals surface area (Å²) in [5.74, 6) is 0.0818. The van der Waals surface area contributed by atoms with E-state index in [-0.39, 0.29) is 17.9 Å². The van der Waals surface area contributed by atoms with Crippen LogP contribution in [0.1, 0.15) is 49.8 Å². The average molecular weight is 301 g/mol. The summed E-state index contributed by atoms with van der Waals surface area (Å²) in [5, 5.41) is 4.33. The SMILES string of the molecule is CC(C)C(=O)c1cc(Br)nn1C1CCCCO1. The largest absolute Gasteiger partial charge is 0.356 e. The summed E-state index contributed by atoms with van der Waals surface area (Å²) in [6, 6.07) is 1.78. The van der Waals surface area contributed by atoms with Gasteiger partial charge in [-0.1, -0.05) is 13.8 Å². The van der Waals surface area contributed by atoms with Crippen LogP contribution < -0.4 is 0 Å². The first-order chi connectivity index (χ1) is 8.09. The van der Waals surface area contributed by atoms with E-state index < -0.39 is 0 Å². The Morgan fingerprint density at radius 2 is 2.35 bits per heavy atom. The van der Waals surface area contributed by atoms with Crippen molar-refractivity contribution < 1.29 is 9.53 Å². The Kier molecular flexibility index (Phi) is 3.99. The van der Waals surface area contributed by atoms with Gasteiger partial charge in [0.25, 0.3) is 0 Å². The number of rotatable bonds is 3. The molecule has 1 atom stereocenters. The van der Waals surface area contributed by atoms with Gasteiger partial charge in [-0.3, -0.25) is 4.79 Å². The van der Waals surface area contributed by atoms with Gasteiger partial charge >= 0.3 is 0 Å². The molecule has 1 fully saturated rings. The fraction of sp³-hybridized carbons (Fsp3) is 0.667. The van der Waals surface area contributed by atoms with Gasteiger partial charge in [-0.05, 0) is 35.2 Å². The molecule has 5 heteroatoms. The molecule has 2 heterocycles. The number of nitrogens with zero attached hydrogens (tertiary/aromatic N) is 2. The molecule has 1 aromatic rings. The van der Waals surface area contributed by atoms with Crippen molar-refractivity contribution in [2.45, 2.75) is 39.3 Å². The van der Waals surface area contributed by atoms with Crippen molar-refractivity contribution in [3.8, 4) is 0 Å². The molecule has 0 spiro atoms. The number of carbonyl (C=O) groups is 1. The lowest BCUT2D eigenvalue weighted by atomic mass is 10.1. The van der Waals surface area contributed by atoms with E-state index in [1.165, 1.54) is 0 Å². The number of hydrogen-bond acceptors (Lipinski definition) is 3. The molecule has 17 heavy (non-hydrogen) atoms. The molecule has 0 bridgehead atoms. The zero-order valence-electron chi connectivity index (χ0n) is 10.1. The fourth-order valence-corrected chi connectivity index (χ4v) is 2.37. The lowest BCUT2D eigenvalue weighted by Crippen LogP contribution is -2.24. The number of ketones is 1. The van der Waals surface area contributed by atoms with E-state index in [4.69, 9.17) is 4.74 Å². The van der Waals surface area contributed by atoms with Crippen LogP contribution in [0.15, 0.2) is 10.7 Å². The zero-order chi connectivity index (χ0) is 12.4. The summed E-state index contributed by atoms with van der Waals surface area (Å²) < 4.78 is 8.09. The van der Waals surface area contributed by atoms with Crippen molar-refractivity contribution in [1.29, 1.82) is 0 Å². The monoisotopic (exact) mass is 300 g/mol. The predicted molar refractivity (Wildman–Crippen MR) is 67.9 cm³/mol. The molecule has 94 valence electrons. The van der Waals surface area contributed by atoms with Crippen LogP contribution in [-0.2, 0) is 4.74 Å². The van der Waals surface area contributed by atoms with E-state index in [0.717, 1.165) is 25.9 Å². The van der Waals surface area contributed by atoms with Crippen molar-refractivity contribution in [3.63, 3.8) is 0 Å². The standard InChI is InChI=1S/C12H17BrN2O2/c1-8(2)12(16)9-7-10(13)14-15(9)11-5-3-4-6-17-11/h7-8,11H,3-6H2,1-2H3. The number of ether oxygens (including phenoxy) is 1. The highest BCUT2D eigenvalue weighted by atomic mass is 79.9. The number of aromatic nitrogens is 2. The Balaban J connectivity index is 2.29. The van der Waals surface area contributed by atoms with Gasteiger partial charge in [0.2, 0.25) is 0 Å². The third-order valence-corrected chi connectivity index (χ3v) is 3.30. The first kappa shape index (κ1) is 12.8. The van der Waals surface area contributed by atoms with Crippen LogP contribution in [0.3, 0.4) is 0 Å². The molecule has 0 radical (unpaired) electrons. The molecule has 0 saturated carbocycles. The summed E-state index contributed by atoms with van der Waals surface area (Å²) in [5.41, 5.74) is 0.638. The van der Waals surface area contributed by atoms with Gasteiger partial charge < -0.3 is 4.74 Å². The molecule has 0 N–H and O–H groups in total. The van der Waals surface area contributed by atoms with E-state index in [2.05, 4.69) is 21.0 Å².